The minimum atomic E-state index is -1.07. The number of methoxy groups -OCH3 is 1. The Labute approximate surface area is 210 Å². The molecule has 1 aliphatic carbocycles. The molecule has 0 unspecified atom stereocenters. The summed E-state index contributed by atoms with van der Waals surface area (Å²) in [6, 6.07) is 10.8. The minimum absolute atomic E-state index is 0.186. The van der Waals surface area contributed by atoms with Gasteiger partial charge in [0.1, 0.15) is 5.82 Å². The van der Waals surface area contributed by atoms with Crippen molar-refractivity contribution in [1.82, 2.24) is 9.66 Å². The summed E-state index contributed by atoms with van der Waals surface area (Å²) < 4.78 is 13.1. The number of halogens is 1. The SMILES string of the molecule is COc1cc(C=Nn2c(C3CCCCC3)nc3ccccc3c2=O)cc(I)c1O[C@H](C)C(=O)O. The molecule has 0 radical (unpaired) electrons. The van der Waals surface area contributed by atoms with Crippen LogP contribution in [0.25, 0.3) is 10.9 Å². The van der Waals surface area contributed by atoms with E-state index in [9.17, 15) is 9.59 Å². The molecule has 9 heteroatoms. The fourth-order valence-corrected chi connectivity index (χ4v) is 4.91. The molecule has 0 amide bonds. The summed E-state index contributed by atoms with van der Waals surface area (Å²) in [6.07, 6.45) is 5.97. The predicted molar refractivity (Wildman–Crippen MR) is 138 cm³/mol. The van der Waals surface area contributed by atoms with Gasteiger partial charge < -0.3 is 14.6 Å². The monoisotopic (exact) mass is 575 g/mol. The van der Waals surface area contributed by atoms with Gasteiger partial charge in [0.05, 0.1) is 27.8 Å². The van der Waals surface area contributed by atoms with Gasteiger partial charge in [0, 0.05) is 5.92 Å². The molecule has 34 heavy (non-hydrogen) atoms. The van der Waals surface area contributed by atoms with E-state index in [0.29, 0.717) is 37.4 Å². The standard InChI is InChI=1S/C25H26IN3O5/c1-15(25(31)32)34-22-19(26)12-16(13-21(22)33-2)14-27-29-23(17-8-4-3-5-9-17)28-20-11-7-6-10-18(20)24(29)30/h6-7,10-15,17H,3-5,8-9H2,1-2H3,(H,31,32)/t15-/m1/s1. The highest BCUT2D eigenvalue weighted by Gasteiger charge is 2.23. The van der Waals surface area contributed by atoms with Gasteiger partial charge in [0.15, 0.2) is 17.6 Å². The van der Waals surface area contributed by atoms with Crippen LogP contribution in [0.5, 0.6) is 11.5 Å². The Morgan fingerprint density at radius 3 is 2.71 bits per heavy atom. The molecule has 0 aliphatic heterocycles. The Morgan fingerprint density at radius 1 is 1.26 bits per heavy atom. The highest BCUT2D eigenvalue weighted by Crippen LogP contribution is 2.35. The van der Waals surface area contributed by atoms with Gasteiger partial charge in [-0.2, -0.15) is 9.78 Å². The van der Waals surface area contributed by atoms with Crippen LogP contribution in [0.15, 0.2) is 46.3 Å². The molecular formula is C25H26IN3O5. The zero-order chi connectivity index (χ0) is 24.2. The van der Waals surface area contributed by atoms with Gasteiger partial charge in [-0.25, -0.2) is 9.78 Å². The van der Waals surface area contributed by atoms with Crippen molar-refractivity contribution in [2.45, 2.75) is 51.0 Å². The molecule has 1 atom stereocenters. The van der Waals surface area contributed by atoms with Gasteiger partial charge in [-0.05, 0) is 72.2 Å². The second kappa shape index (κ2) is 10.5. The Kier molecular flexibility index (Phi) is 7.50. The van der Waals surface area contributed by atoms with Crippen molar-refractivity contribution in [3.8, 4) is 11.5 Å². The van der Waals surface area contributed by atoms with Crippen LogP contribution in [0.4, 0.5) is 0 Å². The lowest BCUT2D eigenvalue weighted by atomic mass is 9.88. The molecule has 1 aliphatic rings. The normalized spacial score (nSPS) is 15.5. The molecule has 1 heterocycles. The molecule has 0 bridgehead atoms. The first-order valence-corrected chi connectivity index (χ1v) is 12.3. The summed E-state index contributed by atoms with van der Waals surface area (Å²) in [5.41, 5.74) is 1.18. The zero-order valence-electron chi connectivity index (χ0n) is 19.0. The summed E-state index contributed by atoms with van der Waals surface area (Å²) in [5, 5.41) is 14.3. The van der Waals surface area contributed by atoms with E-state index in [1.807, 2.05) is 18.2 Å². The van der Waals surface area contributed by atoms with E-state index >= 15 is 0 Å². The lowest BCUT2D eigenvalue weighted by Gasteiger charge is -2.22. The number of rotatable bonds is 7. The number of benzene rings is 2. The summed E-state index contributed by atoms with van der Waals surface area (Å²) in [5.74, 6) is 0.546. The van der Waals surface area contributed by atoms with E-state index in [2.05, 4.69) is 27.7 Å². The fourth-order valence-electron chi connectivity index (χ4n) is 4.16. The van der Waals surface area contributed by atoms with Gasteiger partial charge in [-0.1, -0.05) is 31.4 Å². The maximum atomic E-state index is 13.3. The topological polar surface area (TPSA) is 103 Å². The summed E-state index contributed by atoms with van der Waals surface area (Å²) >= 11 is 2.07. The summed E-state index contributed by atoms with van der Waals surface area (Å²) in [4.78, 5) is 29.4. The Morgan fingerprint density at radius 2 is 2.00 bits per heavy atom. The third kappa shape index (κ3) is 5.08. The molecule has 1 N–H and O–H groups in total. The number of ether oxygens (including phenoxy) is 2. The second-order valence-corrected chi connectivity index (χ2v) is 9.48. The summed E-state index contributed by atoms with van der Waals surface area (Å²) in [7, 11) is 1.49. The van der Waals surface area contributed by atoms with Crippen LogP contribution in [-0.4, -0.2) is 40.2 Å². The predicted octanol–water partition coefficient (Wildman–Crippen LogP) is 4.79. The van der Waals surface area contributed by atoms with Crippen molar-refractivity contribution in [2.24, 2.45) is 5.10 Å². The third-order valence-electron chi connectivity index (χ3n) is 5.97. The number of hydrogen-bond donors (Lipinski definition) is 1. The maximum Gasteiger partial charge on any atom is 0.344 e. The molecule has 1 saturated carbocycles. The van der Waals surface area contributed by atoms with E-state index in [1.54, 1.807) is 24.4 Å². The van der Waals surface area contributed by atoms with Crippen molar-refractivity contribution < 1.29 is 19.4 Å². The van der Waals surface area contributed by atoms with Gasteiger partial charge in [0.25, 0.3) is 5.56 Å². The average Bonchev–Trinajstić information content (AvgIpc) is 2.85. The molecule has 0 spiro atoms. The van der Waals surface area contributed by atoms with Gasteiger partial charge >= 0.3 is 5.97 Å². The van der Waals surface area contributed by atoms with Crippen LogP contribution in [0.1, 0.15) is 56.3 Å². The molecule has 3 aromatic rings. The number of hydrogen-bond acceptors (Lipinski definition) is 6. The van der Waals surface area contributed by atoms with Crippen molar-refractivity contribution in [2.75, 3.05) is 7.11 Å². The molecule has 4 rings (SSSR count). The maximum absolute atomic E-state index is 13.3. The number of aliphatic carboxylic acids is 1. The van der Waals surface area contributed by atoms with Crippen LogP contribution in [0.2, 0.25) is 0 Å². The first-order chi connectivity index (χ1) is 16.4. The second-order valence-electron chi connectivity index (χ2n) is 8.32. The van der Waals surface area contributed by atoms with Crippen molar-refractivity contribution in [1.29, 1.82) is 0 Å². The van der Waals surface area contributed by atoms with E-state index in [-0.39, 0.29) is 11.5 Å². The van der Waals surface area contributed by atoms with E-state index < -0.39 is 12.1 Å². The summed E-state index contributed by atoms with van der Waals surface area (Å²) in [6.45, 7) is 1.46. The first-order valence-electron chi connectivity index (χ1n) is 11.2. The van der Waals surface area contributed by atoms with E-state index in [4.69, 9.17) is 19.6 Å². The Hall–Kier alpha value is -2.95. The Balaban J connectivity index is 1.76. The van der Waals surface area contributed by atoms with Crippen molar-refractivity contribution in [3.63, 3.8) is 0 Å². The average molecular weight is 575 g/mol. The number of carboxylic acid groups (broad SMARTS) is 1. The lowest BCUT2D eigenvalue weighted by Crippen LogP contribution is -2.25. The zero-order valence-corrected chi connectivity index (χ0v) is 21.2. The minimum Gasteiger partial charge on any atom is -0.493 e. The number of fused-ring (bicyclic) bond motifs is 1. The number of carbonyl (C=O) groups is 1. The Bertz CT molecular complexity index is 1300. The van der Waals surface area contributed by atoms with Crippen LogP contribution in [0, 0.1) is 3.57 Å². The van der Waals surface area contributed by atoms with Gasteiger partial charge in [0.2, 0.25) is 0 Å². The highest BCUT2D eigenvalue weighted by atomic mass is 127. The quantitative estimate of drug-likeness (QED) is 0.321. The number of carboxylic acids is 1. The van der Waals surface area contributed by atoms with Crippen LogP contribution in [0.3, 0.4) is 0 Å². The van der Waals surface area contributed by atoms with Crippen molar-refractivity contribution >= 4 is 45.7 Å². The molecule has 178 valence electrons. The highest BCUT2D eigenvalue weighted by molar-refractivity contribution is 14.1. The van der Waals surface area contributed by atoms with E-state index in [0.717, 1.165) is 25.7 Å². The van der Waals surface area contributed by atoms with Crippen LogP contribution >= 0.6 is 22.6 Å². The van der Waals surface area contributed by atoms with Gasteiger partial charge in [-0.3, -0.25) is 4.79 Å². The number of aromatic nitrogens is 2. The molecule has 1 aromatic heterocycles. The van der Waals surface area contributed by atoms with Crippen LogP contribution < -0.4 is 15.0 Å². The molecule has 1 fully saturated rings. The van der Waals surface area contributed by atoms with E-state index in [1.165, 1.54) is 25.1 Å². The third-order valence-corrected chi connectivity index (χ3v) is 6.77. The van der Waals surface area contributed by atoms with Crippen LogP contribution in [-0.2, 0) is 4.79 Å². The number of nitrogens with zero attached hydrogens (tertiary/aromatic N) is 3. The number of para-hydroxylation sites is 1. The molecule has 2 aromatic carbocycles. The molecule has 8 nitrogen and oxygen atoms in total. The molecule has 0 saturated heterocycles. The fraction of sp³-hybridized carbons (Fsp3) is 0.360. The smallest absolute Gasteiger partial charge is 0.344 e. The largest absolute Gasteiger partial charge is 0.493 e. The van der Waals surface area contributed by atoms with Gasteiger partial charge in [-0.15, -0.1) is 0 Å². The molecular weight excluding hydrogens is 549 g/mol. The van der Waals surface area contributed by atoms with Crippen molar-refractivity contribution in [3.05, 3.63) is 61.7 Å². The lowest BCUT2D eigenvalue weighted by molar-refractivity contribution is -0.144. The first kappa shape index (κ1) is 24.2.